The van der Waals surface area contributed by atoms with Crippen LogP contribution in [0.15, 0.2) is 16.8 Å². The van der Waals surface area contributed by atoms with Crippen LogP contribution in [0, 0.1) is 13.8 Å². The molecule has 16 heavy (non-hydrogen) atoms. The van der Waals surface area contributed by atoms with Crippen molar-refractivity contribution in [2.75, 3.05) is 5.32 Å². The second-order valence-corrected chi connectivity index (χ2v) is 4.87. The number of nitrogens with zero attached hydrogens (tertiary/aromatic N) is 2. The lowest BCUT2D eigenvalue weighted by Gasteiger charge is -2.14. The number of hydrogen-bond acceptors (Lipinski definition) is 3. The summed E-state index contributed by atoms with van der Waals surface area (Å²) in [5.41, 5.74) is 4.72. The van der Waals surface area contributed by atoms with Crippen LogP contribution in [0.2, 0.25) is 0 Å². The Hall–Kier alpha value is -1.29. The van der Waals surface area contributed by atoms with E-state index in [9.17, 15) is 0 Å². The Morgan fingerprint density at radius 2 is 2.19 bits per heavy atom. The molecule has 0 aromatic carbocycles. The molecule has 1 unspecified atom stereocenters. The molecule has 2 aromatic heterocycles. The van der Waals surface area contributed by atoms with Crippen LogP contribution in [0.1, 0.15) is 29.9 Å². The lowest BCUT2D eigenvalue weighted by Crippen LogP contribution is -2.07. The Morgan fingerprint density at radius 3 is 2.69 bits per heavy atom. The largest absolute Gasteiger partial charge is 0.376 e. The zero-order chi connectivity index (χ0) is 11.7. The van der Waals surface area contributed by atoms with Crippen LogP contribution >= 0.6 is 11.3 Å². The second kappa shape index (κ2) is 4.29. The molecule has 1 N–H and O–H groups in total. The lowest BCUT2D eigenvalue weighted by molar-refractivity contribution is 0.731. The number of anilines is 1. The third-order valence-corrected chi connectivity index (χ3v) is 3.61. The molecular formula is C12H17N3S. The Morgan fingerprint density at radius 1 is 1.44 bits per heavy atom. The number of hydrogen-bond donors (Lipinski definition) is 1. The molecule has 0 saturated carbocycles. The Kier molecular flexibility index (Phi) is 3.01. The molecule has 3 nitrogen and oxygen atoms in total. The van der Waals surface area contributed by atoms with Gasteiger partial charge in [0, 0.05) is 13.1 Å². The van der Waals surface area contributed by atoms with E-state index >= 15 is 0 Å². The number of aryl methyl sites for hydroxylation is 2. The van der Waals surface area contributed by atoms with Gasteiger partial charge in [0.15, 0.2) is 0 Å². The van der Waals surface area contributed by atoms with Crippen molar-refractivity contribution in [2.24, 2.45) is 7.05 Å². The number of nitrogens with one attached hydrogen (secondary N) is 1. The zero-order valence-corrected chi connectivity index (χ0v) is 10.9. The van der Waals surface area contributed by atoms with E-state index in [-0.39, 0.29) is 0 Å². The van der Waals surface area contributed by atoms with E-state index in [1.807, 2.05) is 18.7 Å². The van der Waals surface area contributed by atoms with Gasteiger partial charge in [0.1, 0.15) is 0 Å². The molecule has 86 valence electrons. The van der Waals surface area contributed by atoms with Gasteiger partial charge in [-0.1, -0.05) is 0 Å². The molecule has 0 aliphatic rings. The Balaban J connectivity index is 2.21. The molecule has 0 radical (unpaired) electrons. The SMILES string of the molecule is Cc1nn(C)c(C)c1NC(C)c1ccsc1. The maximum atomic E-state index is 4.40. The molecule has 2 heterocycles. The minimum absolute atomic E-state index is 0.327. The van der Waals surface area contributed by atoms with Gasteiger partial charge in [-0.05, 0) is 43.2 Å². The topological polar surface area (TPSA) is 29.9 Å². The number of rotatable bonds is 3. The number of thiophene rings is 1. The fourth-order valence-electron chi connectivity index (χ4n) is 1.80. The summed E-state index contributed by atoms with van der Waals surface area (Å²) >= 11 is 1.73. The molecule has 0 bridgehead atoms. The van der Waals surface area contributed by atoms with Gasteiger partial charge in [0.2, 0.25) is 0 Å². The minimum atomic E-state index is 0.327. The highest BCUT2D eigenvalue weighted by atomic mass is 32.1. The average Bonchev–Trinajstić information content (AvgIpc) is 2.83. The quantitative estimate of drug-likeness (QED) is 0.885. The van der Waals surface area contributed by atoms with Crippen LogP contribution in [0.25, 0.3) is 0 Å². The molecule has 0 saturated heterocycles. The first-order chi connectivity index (χ1) is 7.59. The first kappa shape index (κ1) is 11.2. The van der Waals surface area contributed by atoms with Crippen molar-refractivity contribution in [3.05, 3.63) is 33.8 Å². The van der Waals surface area contributed by atoms with E-state index in [0.717, 1.165) is 11.4 Å². The normalized spacial score (nSPS) is 12.8. The summed E-state index contributed by atoms with van der Waals surface area (Å²) in [7, 11) is 1.97. The first-order valence-electron chi connectivity index (χ1n) is 5.38. The summed E-state index contributed by atoms with van der Waals surface area (Å²) < 4.78 is 1.91. The van der Waals surface area contributed by atoms with E-state index < -0.39 is 0 Å². The van der Waals surface area contributed by atoms with Crippen LogP contribution in [0.3, 0.4) is 0 Å². The predicted molar refractivity (Wildman–Crippen MR) is 69.0 cm³/mol. The molecule has 4 heteroatoms. The van der Waals surface area contributed by atoms with Crippen LogP contribution in [0.5, 0.6) is 0 Å². The number of aromatic nitrogens is 2. The molecule has 0 fully saturated rings. The third kappa shape index (κ3) is 1.97. The molecule has 0 aliphatic heterocycles. The zero-order valence-electron chi connectivity index (χ0n) is 10.1. The molecule has 2 aromatic rings. The van der Waals surface area contributed by atoms with Crippen LogP contribution in [-0.2, 0) is 7.05 Å². The van der Waals surface area contributed by atoms with Gasteiger partial charge in [-0.25, -0.2) is 0 Å². The van der Waals surface area contributed by atoms with Crippen molar-refractivity contribution < 1.29 is 0 Å². The van der Waals surface area contributed by atoms with Crippen LogP contribution < -0.4 is 5.32 Å². The van der Waals surface area contributed by atoms with Crippen molar-refractivity contribution in [2.45, 2.75) is 26.8 Å². The van der Waals surface area contributed by atoms with Gasteiger partial charge >= 0.3 is 0 Å². The van der Waals surface area contributed by atoms with Gasteiger partial charge in [-0.2, -0.15) is 16.4 Å². The molecule has 2 rings (SSSR count). The van der Waals surface area contributed by atoms with E-state index in [4.69, 9.17) is 0 Å². The summed E-state index contributed by atoms with van der Waals surface area (Å²) in [6, 6.07) is 2.48. The van der Waals surface area contributed by atoms with E-state index in [0.29, 0.717) is 6.04 Å². The smallest absolute Gasteiger partial charge is 0.0828 e. The highest BCUT2D eigenvalue weighted by Gasteiger charge is 2.12. The summed E-state index contributed by atoms with van der Waals surface area (Å²) in [5, 5.41) is 12.2. The highest BCUT2D eigenvalue weighted by molar-refractivity contribution is 7.07. The van der Waals surface area contributed by atoms with Crippen LogP contribution in [0.4, 0.5) is 5.69 Å². The summed E-state index contributed by atoms with van der Waals surface area (Å²) in [4.78, 5) is 0. The van der Waals surface area contributed by atoms with E-state index in [1.165, 1.54) is 11.3 Å². The maximum Gasteiger partial charge on any atom is 0.0828 e. The average molecular weight is 235 g/mol. The fourth-order valence-corrected chi connectivity index (χ4v) is 2.56. The third-order valence-electron chi connectivity index (χ3n) is 2.91. The lowest BCUT2D eigenvalue weighted by atomic mass is 10.1. The predicted octanol–water partition coefficient (Wildman–Crippen LogP) is 3.27. The first-order valence-corrected chi connectivity index (χ1v) is 6.32. The van der Waals surface area contributed by atoms with Gasteiger partial charge in [-0.15, -0.1) is 0 Å². The highest BCUT2D eigenvalue weighted by Crippen LogP contribution is 2.25. The Labute approximate surface area is 100 Å². The van der Waals surface area contributed by atoms with Crippen molar-refractivity contribution >= 4 is 17.0 Å². The maximum absolute atomic E-state index is 4.40. The van der Waals surface area contributed by atoms with Gasteiger partial charge < -0.3 is 5.32 Å². The monoisotopic (exact) mass is 235 g/mol. The van der Waals surface area contributed by atoms with Gasteiger partial charge in [0.25, 0.3) is 0 Å². The van der Waals surface area contributed by atoms with Gasteiger partial charge in [-0.3, -0.25) is 4.68 Å². The van der Waals surface area contributed by atoms with Crippen molar-refractivity contribution in [3.8, 4) is 0 Å². The second-order valence-electron chi connectivity index (χ2n) is 4.09. The summed E-state index contributed by atoms with van der Waals surface area (Å²) in [5.74, 6) is 0. The van der Waals surface area contributed by atoms with Crippen LogP contribution in [-0.4, -0.2) is 9.78 Å². The minimum Gasteiger partial charge on any atom is -0.376 e. The Bertz CT molecular complexity index is 471. The fraction of sp³-hybridized carbons (Fsp3) is 0.417. The van der Waals surface area contributed by atoms with Gasteiger partial charge in [0.05, 0.1) is 17.1 Å². The standard InChI is InChI=1S/C12H17N3S/c1-8(11-5-6-16-7-11)13-12-9(2)14-15(4)10(12)3/h5-8,13H,1-4H3. The molecular weight excluding hydrogens is 218 g/mol. The van der Waals surface area contributed by atoms with Crippen molar-refractivity contribution in [3.63, 3.8) is 0 Å². The van der Waals surface area contributed by atoms with E-state index in [2.05, 4.69) is 41.1 Å². The molecule has 1 atom stereocenters. The summed E-state index contributed by atoms with van der Waals surface area (Å²) in [6.07, 6.45) is 0. The molecule has 0 aliphatic carbocycles. The van der Waals surface area contributed by atoms with E-state index in [1.54, 1.807) is 11.3 Å². The molecule has 0 spiro atoms. The molecule has 0 amide bonds. The van der Waals surface area contributed by atoms with Crippen molar-refractivity contribution in [1.82, 2.24) is 9.78 Å². The summed E-state index contributed by atoms with van der Waals surface area (Å²) in [6.45, 7) is 6.30. The van der Waals surface area contributed by atoms with Crippen molar-refractivity contribution in [1.29, 1.82) is 0 Å².